The average Bonchev–Trinajstić information content (AvgIpc) is 2.95. The van der Waals surface area contributed by atoms with Gasteiger partial charge in [0.25, 0.3) is 0 Å². The van der Waals surface area contributed by atoms with Gasteiger partial charge in [-0.15, -0.1) is 13.2 Å². The van der Waals surface area contributed by atoms with Gasteiger partial charge in [0, 0.05) is 13.1 Å². The van der Waals surface area contributed by atoms with Crippen molar-refractivity contribution >= 4 is 6.08 Å². The summed E-state index contributed by atoms with van der Waals surface area (Å²) in [6.07, 6.45) is 9.72. The van der Waals surface area contributed by atoms with Crippen molar-refractivity contribution in [2.45, 2.75) is 32.2 Å². The average molecular weight is 327 g/mol. The third-order valence-electron chi connectivity index (χ3n) is 4.49. The van der Waals surface area contributed by atoms with Gasteiger partial charge in [-0.1, -0.05) is 31.6 Å². The van der Waals surface area contributed by atoms with Crippen molar-refractivity contribution in [1.29, 1.82) is 0 Å². The van der Waals surface area contributed by atoms with Gasteiger partial charge < -0.3 is 9.47 Å². The van der Waals surface area contributed by atoms with Crippen molar-refractivity contribution in [1.82, 2.24) is 4.90 Å². The molecule has 0 saturated carbocycles. The molecule has 0 aliphatic heterocycles. The molecule has 0 bridgehead atoms. The van der Waals surface area contributed by atoms with Gasteiger partial charge in [-0.2, -0.15) is 0 Å². The topological polar surface area (TPSA) is 21.7 Å². The van der Waals surface area contributed by atoms with E-state index in [-0.39, 0.29) is 6.04 Å². The molecular weight excluding hydrogens is 298 g/mol. The van der Waals surface area contributed by atoms with Gasteiger partial charge in [-0.3, -0.25) is 4.90 Å². The van der Waals surface area contributed by atoms with Gasteiger partial charge in [0.1, 0.15) is 0 Å². The normalized spacial score (nSPS) is 15.8. The van der Waals surface area contributed by atoms with E-state index in [2.05, 4.69) is 43.2 Å². The molecule has 1 unspecified atom stereocenters. The number of benzene rings is 1. The highest BCUT2D eigenvalue weighted by Crippen LogP contribution is 2.45. The minimum atomic E-state index is 0.252. The lowest BCUT2D eigenvalue weighted by molar-refractivity contribution is 0.272. The number of methoxy groups -OCH3 is 2. The van der Waals surface area contributed by atoms with E-state index in [1.165, 1.54) is 29.5 Å². The first kappa shape index (κ1) is 18.3. The SMILES string of the molecule is C=CCN(CC=C)C1C(CCCC)=Cc2cc(OC)c(OC)cc21. The van der Waals surface area contributed by atoms with Crippen molar-refractivity contribution in [3.05, 3.63) is 54.1 Å². The molecule has 0 fully saturated rings. The Morgan fingerprint density at radius 3 is 2.25 bits per heavy atom. The quantitative estimate of drug-likeness (QED) is 0.564. The number of unbranched alkanes of at least 4 members (excludes halogenated alkanes) is 1. The van der Waals surface area contributed by atoms with Crippen molar-refractivity contribution in [3.63, 3.8) is 0 Å². The van der Waals surface area contributed by atoms with Gasteiger partial charge in [-0.05, 0) is 41.7 Å². The third-order valence-corrected chi connectivity index (χ3v) is 4.49. The Hall–Kier alpha value is -2.00. The fraction of sp³-hybridized carbons (Fsp3) is 0.429. The highest BCUT2D eigenvalue weighted by atomic mass is 16.5. The standard InChI is InChI=1S/C21H29NO2/c1-6-9-10-16-13-17-14-19(23-4)20(24-5)15-18(17)21(16)22(11-7-2)12-8-3/h7-8,13-15,21H,2-3,6,9-12H2,1,4-5H3. The van der Waals surface area contributed by atoms with Gasteiger partial charge >= 0.3 is 0 Å². The minimum Gasteiger partial charge on any atom is -0.493 e. The van der Waals surface area contributed by atoms with E-state index in [9.17, 15) is 0 Å². The molecule has 3 heteroatoms. The van der Waals surface area contributed by atoms with Crippen LogP contribution >= 0.6 is 0 Å². The second-order valence-corrected chi connectivity index (χ2v) is 6.09. The fourth-order valence-electron chi connectivity index (χ4n) is 3.39. The van der Waals surface area contributed by atoms with Crippen LogP contribution in [0.25, 0.3) is 6.08 Å². The van der Waals surface area contributed by atoms with E-state index < -0.39 is 0 Å². The molecule has 24 heavy (non-hydrogen) atoms. The van der Waals surface area contributed by atoms with Crippen molar-refractivity contribution in [2.24, 2.45) is 0 Å². The molecule has 130 valence electrons. The van der Waals surface area contributed by atoms with Crippen LogP contribution in [0.1, 0.15) is 43.4 Å². The van der Waals surface area contributed by atoms with Crippen LogP contribution in [0.3, 0.4) is 0 Å². The summed E-state index contributed by atoms with van der Waals surface area (Å²) < 4.78 is 11.0. The number of nitrogens with zero attached hydrogens (tertiary/aromatic N) is 1. The molecule has 0 spiro atoms. The molecule has 1 aromatic carbocycles. The van der Waals surface area contributed by atoms with Crippen molar-refractivity contribution in [3.8, 4) is 11.5 Å². The van der Waals surface area contributed by atoms with Gasteiger partial charge in [-0.25, -0.2) is 0 Å². The summed E-state index contributed by atoms with van der Waals surface area (Å²) in [6, 6.07) is 4.45. The number of hydrogen-bond acceptors (Lipinski definition) is 3. The Balaban J connectivity index is 2.47. The molecule has 2 rings (SSSR count). The lowest BCUT2D eigenvalue weighted by Gasteiger charge is -2.30. The Morgan fingerprint density at radius 2 is 1.71 bits per heavy atom. The van der Waals surface area contributed by atoms with Crippen LogP contribution in [-0.4, -0.2) is 32.2 Å². The summed E-state index contributed by atoms with van der Waals surface area (Å²) in [5.41, 5.74) is 3.95. The molecule has 1 atom stereocenters. The zero-order valence-corrected chi connectivity index (χ0v) is 15.2. The highest BCUT2D eigenvalue weighted by molar-refractivity contribution is 5.70. The zero-order valence-electron chi connectivity index (χ0n) is 15.2. The predicted octanol–water partition coefficient (Wildman–Crippen LogP) is 5.01. The molecule has 1 aliphatic carbocycles. The molecule has 0 amide bonds. The number of ether oxygens (including phenoxy) is 2. The summed E-state index contributed by atoms with van der Waals surface area (Å²) >= 11 is 0. The first-order valence-electron chi connectivity index (χ1n) is 8.62. The summed E-state index contributed by atoms with van der Waals surface area (Å²) in [7, 11) is 3.37. The molecule has 0 heterocycles. The van der Waals surface area contributed by atoms with Gasteiger partial charge in [0.2, 0.25) is 0 Å². The smallest absolute Gasteiger partial charge is 0.161 e. The molecular formula is C21H29NO2. The molecule has 0 aromatic heterocycles. The Kier molecular flexibility index (Phi) is 6.68. The summed E-state index contributed by atoms with van der Waals surface area (Å²) in [5.74, 6) is 1.56. The van der Waals surface area contributed by atoms with Crippen LogP contribution < -0.4 is 9.47 Å². The molecule has 1 aliphatic rings. The molecule has 0 radical (unpaired) electrons. The van der Waals surface area contributed by atoms with E-state index in [4.69, 9.17) is 9.47 Å². The van der Waals surface area contributed by atoms with Crippen LogP contribution in [0.2, 0.25) is 0 Å². The zero-order chi connectivity index (χ0) is 17.5. The van der Waals surface area contributed by atoms with Crippen molar-refractivity contribution < 1.29 is 9.47 Å². The van der Waals surface area contributed by atoms with Crippen LogP contribution in [0, 0.1) is 0 Å². The van der Waals surface area contributed by atoms with E-state index >= 15 is 0 Å². The Bertz CT molecular complexity index is 609. The lowest BCUT2D eigenvalue weighted by Crippen LogP contribution is -2.29. The second-order valence-electron chi connectivity index (χ2n) is 6.09. The maximum Gasteiger partial charge on any atom is 0.161 e. The van der Waals surface area contributed by atoms with Crippen LogP contribution in [0.4, 0.5) is 0 Å². The molecule has 0 saturated heterocycles. The van der Waals surface area contributed by atoms with E-state index in [1.807, 2.05) is 12.2 Å². The monoisotopic (exact) mass is 327 g/mol. The first-order chi connectivity index (χ1) is 11.7. The van der Waals surface area contributed by atoms with E-state index in [0.29, 0.717) is 0 Å². The van der Waals surface area contributed by atoms with Crippen molar-refractivity contribution in [2.75, 3.05) is 27.3 Å². The van der Waals surface area contributed by atoms with Crippen LogP contribution in [-0.2, 0) is 0 Å². The highest BCUT2D eigenvalue weighted by Gasteiger charge is 2.30. The van der Waals surface area contributed by atoms with Crippen LogP contribution in [0.15, 0.2) is 43.0 Å². The molecule has 1 aromatic rings. The van der Waals surface area contributed by atoms with Gasteiger partial charge in [0.05, 0.1) is 20.3 Å². The predicted molar refractivity (Wildman–Crippen MR) is 102 cm³/mol. The Morgan fingerprint density at radius 1 is 1.08 bits per heavy atom. The number of fused-ring (bicyclic) bond motifs is 1. The Labute approximate surface area is 146 Å². The first-order valence-corrected chi connectivity index (χ1v) is 8.62. The molecule has 0 N–H and O–H groups in total. The molecule has 3 nitrogen and oxygen atoms in total. The number of rotatable bonds is 10. The summed E-state index contributed by atoms with van der Waals surface area (Å²) in [4.78, 5) is 2.40. The maximum absolute atomic E-state index is 5.52. The maximum atomic E-state index is 5.52. The summed E-state index contributed by atoms with van der Waals surface area (Å²) in [5, 5.41) is 0. The van der Waals surface area contributed by atoms with Crippen LogP contribution in [0.5, 0.6) is 11.5 Å². The third kappa shape index (κ3) is 3.73. The number of hydrogen-bond donors (Lipinski definition) is 0. The second kappa shape index (κ2) is 8.74. The van der Waals surface area contributed by atoms with E-state index in [0.717, 1.165) is 31.0 Å². The van der Waals surface area contributed by atoms with Gasteiger partial charge in [0.15, 0.2) is 11.5 Å². The fourth-order valence-corrected chi connectivity index (χ4v) is 3.39. The lowest BCUT2D eigenvalue weighted by atomic mass is 9.97. The van der Waals surface area contributed by atoms with E-state index in [1.54, 1.807) is 14.2 Å². The largest absolute Gasteiger partial charge is 0.493 e. The summed E-state index contributed by atoms with van der Waals surface area (Å²) in [6.45, 7) is 11.7. The minimum absolute atomic E-state index is 0.252.